The third-order valence-electron chi connectivity index (χ3n) is 6.30. The number of aryl methyl sites for hydroxylation is 1. The van der Waals surface area contributed by atoms with Gasteiger partial charge in [0.25, 0.3) is 0 Å². The van der Waals surface area contributed by atoms with E-state index >= 15 is 0 Å². The summed E-state index contributed by atoms with van der Waals surface area (Å²) in [5, 5.41) is 6.31. The smallest absolute Gasteiger partial charge is 0.415 e. The highest BCUT2D eigenvalue weighted by molar-refractivity contribution is 6.30. The number of nitrogens with zero attached hydrogens (tertiary/aromatic N) is 2. The Morgan fingerprint density at radius 3 is 2.59 bits per heavy atom. The summed E-state index contributed by atoms with van der Waals surface area (Å²) in [5.41, 5.74) is 2.45. The molecule has 2 aliphatic rings. The van der Waals surface area contributed by atoms with Gasteiger partial charge in [-0.25, -0.2) is 4.79 Å². The van der Waals surface area contributed by atoms with E-state index in [9.17, 15) is 14.4 Å². The van der Waals surface area contributed by atoms with Crippen LogP contribution in [0, 0.1) is 6.92 Å². The van der Waals surface area contributed by atoms with Gasteiger partial charge in [0.1, 0.15) is 5.60 Å². The van der Waals surface area contributed by atoms with Crippen LogP contribution in [-0.2, 0) is 14.3 Å². The van der Waals surface area contributed by atoms with Gasteiger partial charge in [-0.1, -0.05) is 17.7 Å². The summed E-state index contributed by atoms with van der Waals surface area (Å²) in [6, 6.07) is 12.6. The van der Waals surface area contributed by atoms with Gasteiger partial charge in [0.05, 0.1) is 13.1 Å². The summed E-state index contributed by atoms with van der Waals surface area (Å²) in [5.74, 6) is -0.285. The summed E-state index contributed by atoms with van der Waals surface area (Å²) in [4.78, 5) is 40.4. The van der Waals surface area contributed by atoms with Crippen LogP contribution in [0.15, 0.2) is 42.5 Å². The van der Waals surface area contributed by atoms with Gasteiger partial charge in [-0.2, -0.15) is 0 Å². The van der Waals surface area contributed by atoms with Crippen LogP contribution in [0.1, 0.15) is 31.7 Å². The first kappa shape index (κ1) is 24.0. The van der Waals surface area contributed by atoms with Gasteiger partial charge in [-0.05, 0) is 68.3 Å². The molecule has 2 aliphatic heterocycles. The maximum absolute atomic E-state index is 12.7. The van der Waals surface area contributed by atoms with E-state index in [-0.39, 0.29) is 24.5 Å². The van der Waals surface area contributed by atoms with E-state index in [0.717, 1.165) is 30.6 Å². The highest BCUT2D eigenvalue weighted by atomic mass is 35.5. The van der Waals surface area contributed by atoms with Crippen LogP contribution in [0.25, 0.3) is 0 Å². The number of nitrogens with one attached hydrogen (secondary N) is 2. The molecule has 2 aromatic carbocycles. The number of halogens is 1. The average Bonchev–Trinajstić information content (AvgIpc) is 2.98. The van der Waals surface area contributed by atoms with E-state index in [1.54, 1.807) is 23.1 Å². The zero-order chi connectivity index (χ0) is 24.3. The molecule has 0 bridgehead atoms. The zero-order valence-electron chi connectivity index (χ0n) is 19.4. The van der Waals surface area contributed by atoms with E-state index in [0.29, 0.717) is 35.9 Å². The fraction of sp³-hybridized carbons (Fsp3) is 0.400. The molecule has 0 aliphatic carbocycles. The minimum absolute atomic E-state index is 0.125. The van der Waals surface area contributed by atoms with Crippen molar-refractivity contribution in [3.8, 4) is 0 Å². The van der Waals surface area contributed by atoms with Gasteiger partial charge in [0, 0.05) is 42.0 Å². The fourth-order valence-electron chi connectivity index (χ4n) is 4.51. The Bertz CT molecular complexity index is 1090. The number of amides is 3. The van der Waals surface area contributed by atoms with Gasteiger partial charge in [0.15, 0.2) is 0 Å². The van der Waals surface area contributed by atoms with Crippen LogP contribution in [0.3, 0.4) is 0 Å². The van der Waals surface area contributed by atoms with Crippen LogP contribution >= 0.6 is 11.6 Å². The SMILES string of the molecule is CC(=O)Nc1cc(NC(=O)CN2CCC[C@@]3(CC2)CN(c2ccc(Cl)cc2)C(=O)O3)ccc1C. The summed E-state index contributed by atoms with van der Waals surface area (Å²) in [6.45, 7) is 5.48. The Hall–Kier alpha value is -3.10. The molecule has 1 spiro atoms. The number of carbonyl (C=O) groups is 3. The molecule has 180 valence electrons. The van der Waals surface area contributed by atoms with Crippen molar-refractivity contribution in [3.05, 3.63) is 53.1 Å². The maximum atomic E-state index is 12.7. The molecule has 2 fully saturated rings. The molecular weight excluding hydrogens is 456 g/mol. The van der Waals surface area contributed by atoms with Crippen molar-refractivity contribution in [3.63, 3.8) is 0 Å². The predicted molar refractivity (Wildman–Crippen MR) is 132 cm³/mol. The standard InChI is InChI=1S/C25H29ClN4O4/c1-17-4-7-20(14-22(17)27-18(2)31)28-23(32)15-29-12-3-10-25(11-13-29)16-30(24(33)34-25)21-8-5-19(26)6-9-21/h4-9,14H,3,10-13,15-16H2,1-2H3,(H,27,31)(H,28,32)/t25-/m1/s1. The zero-order valence-corrected chi connectivity index (χ0v) is 20.2. The lowest BCUT2D eigenvalue weighted by Crippen LogP contribution is -2.37. The summed E-state index contributed by atoms with van der Waals surface area (Å²) in [6.07, 6.45) is 1.89. The number of hydrogen-bond acceptors (Lipinski definition) is 5. The molecule has 8 nitrogen and oxygen atoms in total. The second kappa shape index (κ2) is 10.0. The van der Waals surface area contributed by atoms with E-state index in [1.807, 2.05) is 31.2 Å². The molecular formula is C25H29ClN4O4. The minimum Gasteiger partial charge on any atom is -0.441 e. The summed E-state index contributed by atoms with van der Waals surface area (Å²) < 4.78 is 5.86. The molecule has 9 heteroatoms. The van der Waals surface area contributed by atoms with E-state index in [2.05, 4.69) is 15.5 Å². The highest BCUT2D eigenvalue weighted by Gasteiger charge is 2.46. The Balaban J connectivity index is 1.34. The molecule has 4 rings (SSSR count). The molecule has 2 aromatic rings. The minimum atomic E-state index is -0.549. The molecule has 2 saturated heterocycles. The number of benzene rings is 2. The first-order valence-electron chi connectivity index (χ1n) is 11.4. The molecule has 0 aromatic heterocycles. The number of likely N-dealkylation sites (tertiary alicyclic amines) is 1. The predicted octanol–water partition coefficient (Wildman–Crippen LogP) is 4.43. The van der Waals surface area contributed by atoms with E-state index in [4.69, 9.17) is 16.3 Å². The molecule has 0 radical (unpaired) electrons. The lowest BCUT2D eigenvalue weighted by molar-refractivity contribution is -0.117. The third-order valence-corrected chi connectivity index (χ3v) is 6.55. The van der Waals surface area contributed by atoms with Gasteiger partial charge in [-0.15, -0.1) is 0 Å². The molecule has 2 N–H and O–H groups in total. The molecule has 34 heavy (non-hydrogen) atoms. The summed E-state index contributed by atoms with van der Waals surface area (Å²) >= 11 is 5.97. The third kappa shape index (κ3) is 5.69. The fourth-order valence-corrected chi connectivity index (χ4v) is 4.64. The molecule has 2 heterocycles. The Morgan fingerprint density at radius 1 is 1.09 bits per heavy atom. The normalized spacial score (nSPS) is 20.7. The Morgan fingerprint density at radius 2 is 1.85 bits per heavy atom. The van der Waals surface area contributed by atoms with Crippen molar-refractivity contribution in [2.75, 3.05) is 41.7 Å². The van der Waals surface area contributed by atoms with Gasteiger partial charge in [0.2, 0.25) is 11.8 Å². The van der Waals surface area contributed by atoms with Gasteiger partial charge in [-0.3, -0.25) is 19.4 Å². The van der Waals surface area contributed by atoms with E-state index < -0.39 is 5.60 Å². The van der Waals surface area contributed by atoms with E-state index in [1.165, 1.54) is 6.92 Å². The number of ether oxygens (including phenoxy) is 1. The lowest BCUT2D eigenvalue weighted by atomic mass is 9.95. The monoisotopic (exact) mass is 484 g/mol. The van der Waals surface area contributed by atoms with Gasteiger partial charge < -0.3 is 15.4 Å². The van der Waals surface area contributed by atoms with Crippen molar-refractivity contribution < 1.29 is 19.1 Å². The molecule has 3 amide bonds. The van der Waals surface area contributed by atoms with Crippen LogP contribution < -0.4 is 15.5 Å². The summed E-state index contributed by atoms with van der Waals surface area (Å²) in [7, 11) is 0. The van der Waals surface area contributed by atoms with Crippen molar-refractivity contribution in [2.24, 2.45) is 0 Å². The quantitative estimate of drug-likeness (QED) is 0.655. The molecule has 0 saturated carbocycles. The largest absolute Gasteiger partial charge is 0.441 e. The highest BCUT2D eigenvalue weighted by Crippen LogP contribution is 2.36. The van der Waals surface area contributed by atoms with Crippen molar-refractivity contribution in [1.29, 1.82) is 0 Å². The topological polar surface area (TPSA) is 91.0 Å². The van der Waals surface area contributed by atoms with Crippen LogP contribution in [0.2, 0.25) is 5.02 Å². The second-order valence-corrected chi connectivity index (χ2v) is 9.44. The van der Waals surface area contributed by atoms with Crippen LogP contribution in [-0.4, -0.2) is 54.6 Å². The Labute approximate surface area is 204 Å². The number of hydrogen-bond donors (Lipinski definition) is 2. The average molecular weight is 485 g/mol. The van der Waals surface area contributed by atoms with Crippen LogP contribution in [0.4, 0.5) is 21.9 Å². The maximum Gasteiger partial charge on any atom is 0.415 e. The second-order valence-electron chi connectivity index (χ2n) is 9.00. The van der Waals surface area contributed by atoms with Crippen molar-refractivity contribution >= 4 is 46.6 Å². The first-order chi connectivity index (χ1) is 16.2. The Kier molecular flexibility index (Phi) is 7.09. The first-order valence-corrected chi connectivity index (χ1v) is 11.8. The van der Waals surface area contributed by atoms with Gasteiger partial charge >= 0.3 is 6.09 Å². The van der Waals surface area contributed by atoms with Crippen LogP contribution in [0.5, 0.6) is 0 Å². The molecule has 0 unspecified atom stereocenters. The number of carbonyl (C=O) groups excluding carboxylic acids is 3. The van der Waals surface area contributed by atoms with Crippen molar-refractivity contribution in [1.82, 2.24) is 4.90 Å². The number of rotatable bonds is 5. The lowest BCUT2D eigenvalue weighted by Gasteiger charge is -2.25. The van der Waals surface area contributed by atoms with Crippen molar-refractivity contribution in [2.45, 2.75) is 38.7 Å². The number of anilines is 3. The molecule has 1 atom stereocenters.